The molecule has 6 heteroatoms. The van der Waals surface area contributed by atoms with Crippen molar-refractivity contribution in [3.8, 4) is 0 Å². The maximum absolute atomic E-state index is 12.7. The summed E-state index contributed by atoms with van der Waals surface area (Å²) in [6, 6.07) is 8.37. The van der Waals surface area contributed by atoms with E-state index in [1.165, 1.54) is 5.56 Å². The highest BCUT2D eigenvalue weighted by atomic mass is 79.9. The number of nitrogens with one attached hydrogen (secondary N) is 1. The molecule has 1 atom stereocenters. The first-order valence-corrected chi connectivity index (χ1v) is 9.39. The lowest BCUT2D eigenvalue weighted by Crippen LogP contribution is -2.46. The highest BCUT2D eigenvalue weighted by Gasteiger charge is 2.32. The van der Waals surface area contributed by atoms with E-state index in [4.69, 9.17) is 5.11 Å². The van der Waals surface area contributed by atoms with Gasteiger partial charge in [0.15, 0.2) is 0 Å². The number of amides is 2. The maximum Gasteiger partial charge on any atom is 0.318 e. The van der Waals surface area contributed by atoms with Crippen molar-refractivity contribution < 1.29 is 14.7 Å². The number of urea groups is 1. The van der Waals surface area contributed by atoms with Crippen LogP contribution in [-0.4, -0.2) is 34.6 Å². The molecular formula is C18H23BrN2O3. The smallest absolute Gasteiger partial charge is 0.318 e. The summed E-state index contributed by atoms with van der Waals surface area (Å²) in [6.45, 7) is 0.775. The van der Waals surface area contributed by atoms with Crippen molar-refractivity contribution in [3.63, 3.8) is 0 Å². The van der Waals surface area contributed by atoms with Gasteiger partial charge in [-0.05, 0) is 56.2 Å². The number of aliphatic carboxylic acids is 1. The zero-order valence-corrected chi connectivity index (χ0v) is 15.2. The molecule has 1 heterocycles. The number of nitrogens with zero attached hydrogens (tertiary/aromatic N) is 1. The van der Waals surface area contributed by atoms with Crippen LogP contribution in [0.5, 0.6) is 0 Å². The van der Waals surface area contributed by atoms with Crippen LogP contribution < -0.4 is 5.32 Å². The number of carbonyl (C=O) groups excluding carboxylic acids is 1. The predicted octanol–water partition coefficient (Wildman–Crippen LogP) is 3.94. The van der Waals surface area contributed by atoms with Gasteiger partial charge in [0.25, 0.3) is 0 Å². The molecule has 1 aliphatic heterocycles. The van der Waals surface area contributed by atoms with Gasteiger partial charge in [0.05, 0.1) is 12.0 Å². The van der Waals surface area contributed by atoms with Gasteiger partial charge in [0.2, 0.25) is 0 Å². The second-order valence-electron chi connectivity index (χ2n) is 6.74. The van der Waals surface area contributed by atoms with E-state index in [0.29, 0.717) is 12.8 Å². The third kappa shape index (κ3) is 3.91. The minimum atomic E-state index is -0.713. The fourth-order valence-corrected chi connectivity index (χ4v) is 4.05. The summed E-state index contributed by atoms with van der Waals surface area (Å²) < 4.78 is 1.04. The Kier molecular flexibility index (Phi) is 5.43. The monoisotopic (exact) mass is 394 g/mol. The molecule has 1 aromatic rings. The number of carboxylic acids is 1. The SMILES string of the molecule is O=C(O)C1CCC(NC(=O)N2CCCC2c2ccc(Br)cc2)CC1. The molecule has 24 heavy (non-hydrogen) atoms. The number of rotatable bonds is 3. The molecule has 0 spiro atoms. The molecule has 5 nitrogen and oxygen atoms in total. The largest absolute Gasteiger partial charge is 0.481 e. The van der Waals surface area contributed by atoms with E-state index in [9.17, 15) is 9.59 Å². The van der Waals surface area contributed by atoms with E-state index in [1.54, 1.807) is 0 Å². The second-order valence-corrected chi connectivity index (χ2v) is 7.65. The van der Waals surface area contributed by atoms with Crippen LogP contribution in [0.15, 0.2) is 28.7 Å². The fraction of sp³-hybridized carbons (Fsp3) is 0.556. The molecule has 0 aromatic heterocycles. The highest BCUT2D eigenvalue weighted by molar-refractivity contribution is 9.10. The first kappa shape index (κ1) is 17.3. The zero-order chi connectivity index (χ0) is 17.1. The van der Waals surface area contributed by atoms with Crippen LogP contribution in [0, 0.1) is 5.92 Å². The summed E-state index contributed by atoms with van der Waals surface area (Å²) in [7, 11) is 0. The molecular weight excluding hydrogens is 372 g/mol. The summed E-state index contributed by atoms with van der Waals surface area (Å²) in [5, 5.41) is 12.2. The van der Waals surface area contributed by atoms with Gasteiger partial charge in [-0.1, -0.05) is 28.1 Å². The van der Waals surface area contributed by atoms with Crippen molar-refractivity contribution in [1.82, 2.24) is 10.2 Å². The van der Waals surface area contributed by atoms with Crippen molar-refractivity contribution in [2.24, 2.45) is 5.92 Å². The minimum absolute atomic E-state index is 0.0146. The number of likely N-dealkylation sites (tertiary alicyclic amines) is 1. The third-order valence-electron chi connectivity index (χ3n) is 5.17. The van der Waals surface area contributed by atoms with Crippen LogP contribution in [0.3, 0.4) is 0 Å². The van der Waals surface area contributed by atoms with E-state index in [0.717, 1.165) is 36.7 Å². The number of hydrogen-bond donors (Lipinski definition) is 2. The summed E-state index contributed by atoms with van der Waals surface area (Å²) in [5.74, 6) is -0.963. The number of carbonyl (C=O) groups is 2. The second kappa shape index (κ2) is 7.55. The van der Waals surface area contributed by atoms with E-state index in [-0.39, 0.29) is 24.0 Å². The predicted molar refractivity (Wildman–Crippen MR) is 94.7 cm³/mol. The highest BCUT2D eigenvalue weighted by Crippen LogP contribution is 2.33. The summed E-state index contributed by atoms with van der Waals surface area (Å²) >= 11 is 3.44. The Hall–Kier alpha value is -1.56. The molecule has 0 bridgehead atoms. The minimum Gasteiger partial charge on any atom is -0.481 e. The number of halogens is 1. The Morgan fingerprint density at radius 2 is 1.75 bits per heavy atom. The lowest BCUT2D eigenvalue weighted by molar-refractivity contribution is -0.142. The van der Waals surface area contributed by atoms with Crippen LogP contribution in [-0.2, 0) is 4.79 Å². The fourth-order valence-electron chi connectivity index (χ4n) is 3.78. The average molecular weight is 395 g/mol. The molecule has 2 fully saturated rings. The van der Waals surface area contributed by atoms with Crippen LogP contribution in [0.4, 0.5) is 4.79 Å². The van der Waals surface area contributed by atoms with E-state index in [1.807, 2.05) is 17.0 Å². The van der Waals surface area contributed by atoms with Crippen LogP contribution in [0.25, 0.3) is 0 Å². The van der Waals surface area contributed by atoms with Crippen molar-refractivity contribution in [2.45, 2.75) is 50.6 Å². The lowest BCUT2D eigenvalue weighted by Gasteiger charge is -2.31. The van der Waals surface area contributed by atoms with Gasteiger partial charge in [-0.2, -0.15) is 0 Å². The molecule has 1 aliphatic carbocycles. The molecule has 1 saturated heterocycles. The molecule has 1 saturated carbocycles. The van der Waals surface area contributed by atoms with Gasteiger partial charge in [-0.3, -0.25) is 4.79 Å². The number of hydrogen-bond acceptors (Lipinski definition) is 2. The lowest BCUT2D eigenvalue weighted by atomic mass is 9.86. The van der Waals surface area contributed by atoms with E-state index < -0.39 is 5.97 Å². The van der Waals surface area contributed by atoms with Gasteiger partial charge in [-0.15, -0.1) is 0 Å². The molecule has 3 rings (SSSR count). The average Bonchev–Trinajstić information content (AvgIpc) is 3.06. The van der Waals surface area contributed by atoms with Crippen molar-refractivity contribution >= 4 is 27.9 Å². The Balaban J connectivity index is 1.58. The quantitative estimate of drug-likeness (QED) is 0.815. The van der Waals surface area contributed by atoms with E-state index >= 15 is 0 Å². The summed E-state index contributed by atoms with van der Waals surface area (Å²) in [5.41, 5.74) is 1.17. The van der Waals surface area contributed by atoms with Crippen molar-refractivity contribution in [3.05, 3.63) is 34.3 Å². The Morgan fingerprint density at radius 3 is 2.38 bits per heavy atom. The molecule has 1 unspecified atom stereocenters. The molecule has 2 N–H and O–H groups in total. The topological polar surface area (TPSA) is 69.6 Å². The number of benzene rings is 1. The van der Waals surface area contributed by atoms with Crippen LogP contribution in [0.2, 0.25) is 0 Å². The molecule has 0 radical (unpaired) electrons. The van der Waals surface area contributed by atoms with Crippen molar-refractivity contribution in [1.29, 1.82) is 0 Å². The van der Waals surface area contributed by atoms with Crippen LogP contribution in [0.1, 0.15) is 50.1 Å². The normalized spacial score (nSPS) is 27.0. The molecule has 2 aliphatic rings. The van der Waals surface area contributed by atoms with E-state index in [2.05, 4.69) is 33.4 Å². The Bertz CT molecular complexity index is 597. The van der Waals surface area contributed by atoms with Gasteiger partial charge in [0, 0.05) is 17.1 Å². The molecule has 1 aromatic carbocycles. The zero-order valence-electron chi connectivity index (χ0n) is 13.6. The summed E-state index contributed by atoms with van der Waals surface area (Å²) in [6.07, 6.45) is 4.80. The Labute approximate surface area is 150 Å². The van der Waals surface area contributed by atoms with Crippen molar-refractivity contribution in [2.75, 3.05) is 6.54 Å². The number of carboxylic acid groups (broad SMARTS) is 1. The first-order chi connectivity index (χ1) is 11.5. The summed E-state index contributed by atoms with van der Waals surface area (Å²) in [4.78, 5) is 25.6. The van der Waals surface area contributed by atoms with Gasteiger partial charge in [0.1, 0.15) is 0 Å². The third-order valence-corrected chi connectivity index (χ3v) is 5.70. The molecule has 2 amide bonds. The van der Waals surface area contributed by atoms with Crippen LogP contribution >= 0.6 is 15.9 Å². The Morgan fingerprint density at radius 1 is 1.08 bits per heavy atom. The standard InChI is InChI=1S/C18H23BrN2O3/c19-14-7-3-12(4-8-14)16-2-1-11-21(16)18(24)20-15-9-5-13(6-10-15)17(22)23/h3-4,7-8,13,15-16H,1-2,5-6,9-11H2,(H,20,24)(H,22,23). The first-order valence-electron chi connectivity index (χ1n) is 8.60. The van der Waals surface area contributed by atoms with Gasteiger partial charge < -0.3 is 15.3 Å². The maximum atomic E-state index is 12.7. The van der Waals surface area contributed by atoms with Gasteiger partial charge in [-0.25, -0.2) is 4.79 Å². The molecule has 130 valence electrons. The van der Waals surface area contributed by atoms with Gasteiger partial charge >= 0.3 is 12.0 Å².